The zero-order valence-electron chi connectivity index (χ0n) is 15.6. The van der Waals surface area contributed by atoms with Crippen LogP contribution in [0.15, 0.2) is 70.3 Å². The summed E-state index contributed by atoms with van der Waals surface area (Å²) in [4.78, 5) is 40.5. The number of carbonyl (C=O) groups is 1. The third-order valence-electron chi connectivity index (χ3n) is 4.29. The van der Waals surface area contributed by atoms with E-state index in [-0.39, 0.29) is 23.2 Å². The molecule has 0 aliphatic rings. The summed E-state index contributed by atoms with van der Waals surface area (Å²) in [6, 6.07) is 17.7. The predicted molar refractivity (Wildman–Crippen MR) is 116 cm³/mol. The van der Waals surface area contributed by atoms with Crippen molar-refractivity contribution in [1.82, 2.24) is 14.9 Å². The Labute approximate surface area is 171 Å². The number of nitrogen functional groups attached to an aromatic ring is 1. The number of H-pyrrole nitrogens is 1. The molecule has 1 aromatic heterocycles. The van der Waals surface area contributed by atoms with Gasteiger partial charge in [0.25, 0.3) is 11.5 Å². The number of hydrogen-bond acceptors (Lipinski definition) is 5. The number of aromatic nitrogens is 2. The molecule has 0 saturated carbocycles. The highest BCUT2D eigenvalue weighted by atomic mass is 32.1. The van der Waals surface area contributed by atoms with E-state index in [1.165, 1.54) is 16.5 Å². The van der Waals surface area contributed by atoms with Crippen molar-refractivity contribution in [2.24, 2.45) is 0 Å². The van der Waals surface area contributed by atoms with Gasteiger partial charge in [-0.3, -0.25) is 24.5 Å². The largest absolute Gasteiger partial charge is 0.383 e. The van der Waals surface area contributed by atoms with E-state index in [2.05, 4.69) is 10.3 Å². The fourth-order valence-electron chi connectivity index (χ4n) is 2.77. The van der Waals surface area contributed by atoms with Crippen LogP contribution in [0.3, 0.4) is 0 Å². The van der Waals surface area contributed by atoms with Crippen LogP contribution in [0, 0.1) is 0 Å². The molecule has 1 amide bonds. The Balaban J connectivity index is 1.90. The maximum Gasteiger partial charge on any atom is 0.330 e. The summed E-state index contributed by atoms with van der Waals surface area (Å²) in [6.45, 7) is 0.173. The summed E-state index contributed by atoms with van der Waals surface area (Å²) in [5, 5.41) is 2.53. The molecule has 0 atom stereocenters. The molecular weight excluding hydrogens is 390 g/mol. The van der Waals surface area contributed by atoms with Gasteiger partial charge in [0.1, 0.15) is 5.82 Å². The molecule has 0 unspecified atom stereocenters. The highest BCUT2D eigenvalue weighted by Crippen LogP contribution is 2.16. The Kier molecular flexibility index (Phi) is 5.89. The zero-order valence-corrected chi connectivity index (χ0v) is 16.4. The van der Waals surface area contributed by atoms with Crippen molar-refractivity contribution in [3.8, 4) is 0 Å². The molecule has 0 fully saturated rings. The van der Waals surface area contributed by atoms with E-state index >= 15 is 0 Å². The van der Waals surface area contributed by atoms with Gasteiger partial charge in [0, 0.05) is 12.6 Å². The lowest BCUT2D eigenvalue weighted by molar-refractivity contribution is 0.0977. The van der Waals surface area contributed by atoms with Crippen LogP contribution in [0.2, 0.25) is 0 Å². The van der Waals surface area contributed by atoms with Gasteiger partial charge in [-0.25, -0.2) is 4.79 Å². The molecule has 3 aromatic rings. The number of hydrogen-bond donors (Lipinski definition) is 3. The molecule has 8 nitrogen and oxygen atoms in total. The van der Waals surface area contributed by atoms with Gasteiger partial charge in [-0.05, 0) is 29.9 Å². The fourth-order valence-corrected chi connectivity index (χ4v) is 2.95. The summed E-state index contributed by atoms with van der Waals surface area (Å²) in [5.41, 5.74) is 6.03. The maximum atomic E-state index is 12.4. The molecule has 0 saturated heterocycles. The number of thiocarbonyl (C=S) groups is 1. The Morgan fingerprint density at radius 1 is 1.10 bits per heavy atom. The number of anilines is 2. The van der Waals surface area contributed by atoms with Crippen molar-refractivity contribution >= 4 is 34.7 Å². The van der Waals surface area contributed by atoms with Gasteiger partial charge in [-0.1, -0.05) is 48.5 Å². The molecule has 9 heteroatoms. The van der Waals surface area contributed by atoms with Gasteiger partial charge >= 0.3 is 5.69 Å². The van der Waals surface area contributed by atoms with E-state index in [4.69, 9.17) is 18.0 Å². The van der Waals surface area contributed by atoms with Gasteiger partial charge in [-0.15, -0.1) is 0 Å². The normalized spacial score (nSPS) is 10.4. The summed E-state index contributed by atoms with van der Waals surface area (Å²) >= 11 is 5.26. The van der Waals surface area contributed by atoms with Gasteiger partial charge in [0.15, 0.2) is 10.8 Å². The van der Waals surface area contributed by atoms with E-state index in [9.17, 15) is 14.4 Å². The summed E-state index contributed by atoms with van der Waals surface area (Å²) < 4.78 is 1.24. The van der Waals surface area contributed by atoms with Gasteiger partial charge < -0.3 is 10.6 Å². The Bertz CT molecular complexity index is 1160. The van der Waals surface area contributed by atoms with Crippen molar-refractivity contribution in [2.45, 2.75) is 6.54 Å². The second-order valence-corrected chi connectivity index (χ2v) is 6.64. The first-order valence-electron chi connectivity index (χ1n) is 8.69. The standard InChI is InChI=1S/C20H19N5O3S/c1-24(20(29)23-17(26)14-10-6-3-7-11-14)15-16(21)25(19(28)22-18(15)27)12-13-8-4-2-5-9-13/h2-11H,12,21H2,1H3,(H,22,27,28)(H,23,26,29). The molecule has 148 valence electrons. The minimum absolute atomic E-state index is 0.0269. The fraction of sp³-hybridized carbons (Fsp3) is 0.100. The van der Waals surface area contributed by atoms with Crippen LogP contribution in [0.5, 0.6) is 0 Å². The van der Waals surface area contributed by atoms with E-state index in [1.807, 2.05) is 30.3 Å². The highest BCUT2D eigenvalue weighted by Gasteiger charge is 2.20. The van der Waals surface area contributed by atoms with Crippen LogP contribution in [0.4, 0.5) is 11.5 Å². The molecule has 3 rings (SSSR count). The van der Waals surface area contributed by atoms with Gasteiger partial charge in [0.2, 0.25) is 0 Å². The summed E-state index contributed by atoms with van der Waals surface area (Å²) in [6.07, 6.45) is 0. The number of benzene rings is 2. The molecular formula is C20H19N5O3S. The molecule has 0 aliphatic carbocycles. The monoisotopic (exact) mass is 409 g/mol. The van der Waals surface area contributed by atoms with E-state index in [0.29, 0.717) is 5.56 Å². The van der Waals surface area contributed by atoms with Crippen LogP contribution >= 0.6 is 12.2 Å². The number of rotatable bonds is 4. The number of aromatic amines is 1. The second kappa shape index (κ2) is 8.53. The lowest BCUT2D eigenvalue weighted by Crippen LogP contribution is -2.45. The quantitative estimate of drug-likeness (QED) is 0.560. The Morgan fingerprint density at radius 3 is 2.31 bits per heavy atom. The minimum Gasteiger partial charge on any atom is -0.383 e. The first-order chi connectivity index (χ1) is 13.9. The van der Waals surface area contributed by atoms with E-state index < -0.39 is 17.2 Å². The Hall–Kier alpha value is -3.72. The van der Waals surface area contributed by atoms with Crippen LogP contribution < -0.4 is 27.2 Å². The summed E-state index contributed by atoms with van der Waals surface area (Å²) in [7, 11) is 1.49. The third-order valence-corrected chi connectivity index (χ3v) is 4.67. The van der Waals surface area contributed by atoms with E-state index in [0.717, 1.165) is 5.56 Å². The third kappa shape index (κ3) is 4.41. The van der Waals surface area contributed by atoms with Gasteiger partial charge in [-0.2, -0.15) is 0 Å². The number of nitrogens with two attached hydrogens (primary N) is 1. The van der Waals surface area contributed by atoms with Crippen molar-refractivity contribution in [1.29, 1.82) is 0 Å². The molecule has 0 bridgehead atoms. The number of amides is 1. The first kappa shape index (κ1) is 20.0. The molecule has 2 aromatic carbocycles. The molecule has 0 radical (unpaired) electrons. The van der Waals surface area contributed by atoms with Crippen LogP contribution in [-0.4, -0.2) is 27.6 Å². The smallest absolute Gasteiger partial charge is 0.330 e. The second-order valence-electron chi connectivity index (χ2n) is 6.25. The SMILES string of the molecule is CN(C(=S)NC(=O)c1ccccc1)c1c(N)n(Cc2ccccc2)c(=O)[nH]c1=O. The molecule has 4 N–H and O–H groups in total. The van der Waals surface area contributed by atoms with Crippen LogP contribution in [-0.2, 0) is 6.54 Å². The van der Waals surface area contributed by atoms with Crippen molar-refractivity contribution < 1.29 is 4.79 Å². The molecule has 1 heterocycles. The number of nitrogens with one attached hydrogen (secondary N) is 2. The lowest BCUT2D eigenvalue weighted by Gasteiger charge is -2.22. The first-order valence-corrected chi connectivity index (χ1v) is 9.10. The van der Waals surface area contributed by atoms with Crippen molar-refractivity contribution in [2.75, 3.05) is 17.7 Å². The average Bonchev–Trinajstić information content (AvgIpc) is 2.72. The molecule has 0 spiro atoms. The molecule has 29 heavy (non-hydrogen) atoms. The average molecular weight is 409 g/mol. The Morgan fingerprint density at radius 2 is 1.69 bits per heavy atom. The summed E-state index contributed by atoms with van der Waals surface area (Å²) in [5.74, 6) is -0.475. The highest BCUT2D eigenvalue weighted by molar-refractivity contribution is 7.80. The maximum absolute atomic E-state index is 12.4. The lowest BCUT2D eigenvalue weighted by atomic mass is 10.2. The topological polar surface area (TPSA) is 113 Å². The van der Waals surface area contributed by atoms with Gasteiger partial charge in [0.05, 0.1) is 6.54 Å². The number of nitrogens with zero attached hydrogens (tertiary/aromatic N) is 2. The van der Waals surface area contributed by atoms with Crippen molar-refractivity contribution in [3.63, 3.8) is 0 Å². The van der Waals surface area contributed by atoms with E-state index in [1.54, 1.807) is 30.3 Å². The van der Waals surface area contributed by atoms with Crippen LogP contribution in [0.1, 0.15) is 15.9 Å². The minimum atomic E-state index is -0.698. The predicted octanol–water partition coefficient (Wildman–Crippen LogP) is 1.32. The molecule has 0 aliphatic heterocycles. The zero-order chi connectivity index (χ0) is 21.0. The van der Waals surface area contributed by atoms with Crippen LogP contribution in [0.25, 0.3) is 0 Å². The number of carbonyl (C=O) groups excluding carboxylic acids is 1. The van der Waals surface area contributed by atoms with Crippen molar-refractivity contribution in [3.05, 3.63) is 92.6 Å².